The molecule has 0 radical (unpaired) electrons. The van der Waals surface area contributed by atoms with Crippen molar-refractivity contribution in [2.24, 2.45) is 0 Å². The van der Waals surface area contributed by atoms with Crippen molar-refractivity contribution in [3.63, 3.8) is 0 Å². The van der Waals surface area contributed by atoms with E-state index >= 15 is 0 Å². The quantitative estimate of drug-likeness (QED) is 0.447. The van der Waals surface area contributed by atoms with Crippen LogP contribution in [0.4, 0.5) is 4.79 Å². The van der Waals surface area contributed by atoms with Gasteiger partial charge < -0.3 is 20.1 Å². The number of alkyl carbamates (subject to hydrolysis) is 1. The van der Waals surface area contributed by atoms with E-state index in [-0.39, 0.29) is 12.2 Å². The van der Waals surface area contributed by atoms with Crippen LogP contribution in [0.2, 0.25) is 0 Å². The Labute approximate surface area is 120 Å². The second-order valence-electron chi connectivity index (χ2n) is 4.15. The van der Waals surface area contributed by atoms with E-state index < -0.39 is 0 Å². The summed E-state index contributed by atoms with van der Waals surface area (Å²) in [5.74, 6) is 0.635. The number of hydrogen-bond acceptors (Lipinski definition) is 8. The van der Waals surface area contributed by atoms with E-state index in [9.17, 15) is 4.79 Å². The van der Waals surface area contributed by atoms with Crippen molar-refractivity contribution in [3.8, 4) is 0 Å². The van der Waals surface area contributed by atoms with Crippen molar-refractivity contribution in [1.82, 2.24) is 30.8 Å². The van der Waals surface area contributed by atoms with Gasteiger partial charge in [0.15, 0.2) is 0 Å². The third kappa shape index (κ3) is 4.62. The number of amides is 1. The van der Waals surface area contributed by atoms with Crippen LogP contribution in [0.15, 0.2) is 5.16 Å². The molecule has 0 saturated carbocycles. The number of nitrogens with one attached hydrogen (secondary N) is 2. The summed E-state index contributed by atoms with van der Waals surface area (Å²) in [6.45, 7) is 3.46. The van der Waals surface area contributed by atoms with E-state index in [0.717, 1.165) is 18.2 Å². The molecule has 1 aliphatic rings. The largest absolute Gasteiger partial charge is 0.443 e. The Morgan fingerprint density at radius 2 is 2.50 bits per heavy atom. The number of ether oxygens (including phenoxy) is 2. The number of methoxy groups -OCH3 is 1. The zero-order valence-electron chi connectivity index (χ0n) is 11.2. The number of tetrazole rings is 1. The van der Waals surface area contributed by atoms with Gasteiger partial charge in [0.2, 0.25) is 5.16 Å². The fourth-order valence-corrected chi connectivity index (χ4v) is 2.51. The number of thioether (sulfide) groups is 1. The zero-order valence-corrected chi connectivity index (χ0v) is 12.1. The minimum atomic E-state index is -0.363. The predicted molar refractivity (Wildman–Crippen MR) is 71.6 cm³/mol. The monoisotopic (exact) mass is 302 g/mol. The van der Waals surface area contributed by atoms with Gasteiger partial charge in [-0.2, -0.15) is 0 Å². The highest BCUT2D eigenvalue weighted by molar-refractivity contribution is 7.99. The average molecular weight is 302 g/mol. The van der Waals surface area contributed by atoms with Crippen LogP contribution < -0.4 is 10.6 Å². The van der Waals surface area contributed by atoms with Gasteiger partial charge in [-0.3, -0.25) is 0 Å². The lowest BCUT2D eigenvalue weighted by molar-refractivity contribution is 0.150. The van der Waals surface area contributed by atoms with Crippen LogP contribution in [0.3, 0.4) is 0 Å². The molecule has 1 saturated heterocycles. The second kappa shape index (κ2) is 8.02. The average Bonchev–Trinajstić information content (AvgIpc) is 3.05. The maximum Gasteiger partial charge on any atom is 0.407 e. The highest BCUT2D eigenvalue weighted by Gasteiger charge is 2.23. The Kier molecular flexibility index (Phi) is 6.02. The van der Waals surface area contributed by atoms with Crippen molar-refractivity contribution in [2.45, 2.75) is 17.8 Å². The number of carbonyl (C=O) groups is 1. The molecule has 10 heteroatoms. The van der Waals surface area contributed by atoms with E-state index in [0.29, 0.717) is 25.4 Å². The van der Waals surface area contributed by atoms with Crippen molar-refractivity contribution < 1.29 is 14.3 Å². The van der Waals surface area contributed by atoms with E-state index in [1.165, 1.54) is 11.8 Å². The molecule has 0 aliphatic carbocycles. The first-order chi connectivity index (χ1) is 9.79. The lowest BCUT2D eigenvalue weighted by Gasteiger charge is -2.08. The number of cyclic esters (lactones) is 1. The van der Waals surface area contributed by atoms with Crippen LogP contribution in [-0.2, 0) is 16.0 Å². The molecule has 0 bridgehead atoms. The minimum Gasteiger partial charge on any atom is -0.443 e. The molecule has 20 heavy (non-hydrogen) atoms. The predicted octanol–water partition coefficient (Wildman–Crippen LogP) is -0.890. The zero-order chi connectivity index (χ0) is 14.2. The Balaban J connectivity index is 1.69. The van der Waals surface area contributed by atoms with Gasteiger partial charge in [0.25, 0.3) is 0 Å². The third-order valence-corrected chi connectivity index (χ3v) is 3.72. The van der Waals surface area contributed by atoms with Crippen LogP contribution in [0, 0.1) is 0 Å². The number of aromatic nitrogens is 4. The lowest BCUT2D eigenvalue weighted by Crippen LogP contribution is -2.24. The molecule has 0 spiro atoms. The maximum atomic E-state index is 10.9. The molecule has 2 N–H and O–H groups in total. The standard InChI is InChI=1S/C10H18N6O3S/c1-18-5-3-11-2-4-16-9(13-14-15-16)20-7-8-6-12-10(17)19-8/h8,11H,2-7H2,1H3,(H,12,17). The van der Waals surface area contributed by atoms with Gasteiger partial charge in [0.05, 0.1) is 19.7 Å². The molecule has 1 unspecified atom stereocenters. The molecule has 1 aromatic heterocycles. The summed E-state index contributed by atoms with van der Waals surface area (Å²) in [5, 5.41) is 18.1. The normalized spacial score (nSPS) is 18.1. The summed E-state index contributed by atoms with van der Waals surface area (Å²) in [7, 11) is 1.67. The summed E-state index contributed by atoms with van der Waals surface area (Å²) >= 11 is 1.48. The van der Waals surface area contributed by atoms with Crippen molar-refractivity contribution >= 4 is 17.9 Å². The molecule has 0 aromatic carbocycles. The first-order valence-corrected chi connectivity index (χ1v) is 7.31. The van der Waals surface area contributed by atoms with Crippen molar-refractivity contribution in [1.29, 1.82) is 0 Å². The van der Waals surface area contributed by atoms with Crippen molar-refractivity contribution in [2.75, 3.05) is 39.1 Å². The summed E-state index contributed by atoms with van der Waals surface area (Å²) in [6.07, 6.45) is -0.491. The smallest absolute Gasteiger partial charge is 0.407 e. The Bertz CT molecular complexity index is 429. The highest BCUT2D eigenvalue weighted by Crippen LogP contribution is 2.17. The van der Waals surface area contributed by atoms with Crippen LogP contribution >= 0.6 is 11.8 Å². The van der Waals surface area contributed by atoms with Gasteiger partial charge in [-0.25, -0.2) is 9.48 Å². The fourth-order valence-electron chi connectivity index (χ4n) is 1.62. The Morgan fingerprint density at radius 1 is 1.60 bits per heavy atom. The molecule has 1 amide bonds. The lowest BCUT2D eigenvalue weighted by atomic mass is 10.4. The molecule has 9 nitrogen and oxygen atoms in total. The molecule has 1 aliphatic heterocycles. The Morgan fingerprint density at radius 3 is 3.25 bits per heavy atom. The molecule has 2 heterocycles. The number of rotatable bonds is 9. The molecule has 1 atom stereocenters. The SMILES string of the molecule is COCCNCCn1nnnc1SCC1CNC(=O)O1. The summed E-state index contributed by atoms with van der Waals surface area (Å²) in [4.78, 5) is 10.9. The summed E-state index contributed by atoms with van der Waals surface area (Å²) in [6, 6.07) is 0. The number of hydrogen-bond donors (Lipinski definition) is 2. The molecule has 1 aromatic rings. The topological polar surface area (TPSA) is 103 Å². The van der Waals surface area contributed by atoms with Gasteiger partial charge in [0, 0.05) is 26.0 Å². The first-order valence-electron chi connectivity index (χ1n) is 6.32. The van der Waals surface area contributed by atoms with Gasteiger partial charge >= 0.3 is 6.09 Å². The third-order valence-electron chi connectivity index (χ3n) is 2.63. The first kappa shape index (κ1) is 15.0. The van der Waals surface area contributed by atoms with E-state index in [2.05, 4.69) is 26.2 Å². The molecular formula is C10H18N6O3S. The van der Waals surface area contributed by atoms with Gasteiger partial charge in [-0.15, -0.1) is 5.10 Å². The second-order valence-corrected chi connectivity index (χ2v) is 5.13. The van der Waals surface area contributed by atoms with Crippen LogP contribution in [0.25, 0.3) is 0 Å². The van der Waals surface area contributed by atoms with E-state index in [1.54, 1.807) is 11.8 Å². The van der Waals surface area contributed by atoms with Crippen molar-refractivity contribution in [3.05, 3.63) is 0 Å². The number of carbonyl (C=O) groups excluding carboxylic acids is 1. The minimum absolute atomic E-state index is 0.127. The Hall–Kier alpha value is -1.39. The van der Waals surface area contributed by atoms with Gasteiger partial charge in [-0.1, -0.05) is 11.8 Å². The molecule has 112 valence electrons. The summed E-state index contributed by atoms with van der Waals surface area (Å²) in [5.41, 5.74) is 0. The molecular weight excluding hydrogens is 284 g/mol. The van der Waals surface area contributed by atoms with E-state index in [1.807, 2.05) is 0 Å². The van der Waals surface area contributed by atoms with Crippen LogP contribution in [-0.4, -0.2) is 71.5 Å². The maximum absolute atomic E-state index is 10.9. The van der Waals surface area contributed by atoms with Crippen LogP contribution in [0.1, 0.15) is 0 Å². The van der Waals surface area contributed by atoms with Gasteiger partial charge in [-0.05, 0) is 10.4 Å². The summed E-state index contributed by atoms with van der Waals surface area (Å²) < 4.78 is 11.7. The number of nitrogens with zero attached hydrogens (tertiary/aromatic N) is 4. The molecule has 2 rings (SSSR count). The highest BCUT2D eigenvalue weighted by atomic mass is 32.2. The molecule has 1 fully saturated rings. The van der Waals surface area contributed by atoms with E-state index in [4.69, 9.17) is 9.47 Å². The van der Waals surface area contributed by atoms with Crippen LogP contribution in [0.5, 0.6) is 0 Å². The fraction of sp³-hybridized carbons (Fsp3) is 0.800. The van der Waals surface area contributed by atoms with Gasteiger partial charge in [0.1, 0.15) is 6.10 Å².